The van der Waals surface area contributed by atoms with E-state index in [4.69, 9.17) is 25.1 Å². The van der Waals surface area contributed by atoms with Crippen molar-refractivity contribution in [1.82, 2.24) is 9.97 Å². The first-order valence-electron chi connectivity index (χ1n) is 17.1. The average Bonchev–Trinajstić information content (AvgIpc) is 3.56. The number of nitrogens with two attached hydrogens (primary N) is 1. The molecule has 0 saturated heterocycles. The second kappa shape index (κ2) is 13.7. The third-order valence-electron chi connectivity index (χ3n) is 9.24. The van der Waals surface area contributed by atoms with Gasteiger partial charge in [-0.25, -0.2) is 15.0 Å². The quantitative estimate of drug-likeness (QED) is 0.130. The summed E-state index contributed by atoms with van der Waals surface area (Å²) in [5.74, 6) is 1.14. The van der Waals surface area contributed by atoms with Gasteiger partial charge in [-0.15, -0.1) is 0 Å². The zero-order valence-electron chi connectivity index (χ0n) is 28.5. The molecule has 51 heavy (non-hydrogen) atoms. The lowest BCUT2D eigenvalue weighted by Gasteiger charge is -2.13. The van der Waals surface area contributed by atoms with Gasteiger partial charge in [0.25, 0.3) is 0 Å². The summed E-state index contributed by atoms with van der Waals surface area (Å²) in [4.78, 5) is 15.3. The number of hydrogen-bond donors (Lipinski definition) is 1. The van der Waals surface area contributed by atoms with Crippen LogP contribution >= 0.6 is 0 Å². The van der Waals surface area contributed by atoms with Gasteiger partial charge in [-0.3, -0.25) is 0 Å². The predicted octanol–water partition coefficient (Wildman–Crippen LogP) is 11.1. The molecule has 0 aliphatic heterocycles. The summed E-state index contributed by atoms with van der Waals surface area (Å²) in [5, 5.41) is 2.01. The van der Waals surface area contributed by atoms with E-state index in [1.165, 1.54) is 0 Å². The smallest absolute Gasteiger partial charge is 0.161 e. The number of allylic oxidation sites excluding steroid dienone is 1. The van der Waals surface area contributed by atoms with E-state index in [-0.39, 0.29) is 0 Å². The number of aryl methyl sites for hydroxylation is 1. The van der Waals surface area contributed by atoms with E-state index in [1.54, 1.807) is 0 Å². The largest absolute Gasteiger partial charge is 0.456 e. The third kappa shape index (κ3) is 6.45. The molecule has 8 aromatic rings. The average molecular weight is 661 g/mol. The number of rotatable bonds is 8. The van der Waals surface area contributed by atoms with Crippen LogP contribution in [0.1, 0.15) is 29.2 Å². The molecule has 0 bridgehead atoms. The van der Waals surface area contributed by atoms with E-state index < -0.39 is 0 Å². The summed E-state index contributed by atoms with van der Waals surface area (Å²) in [7, 11) is 0. The number of benzene rings is 6. The first-order valence-corrected chi connectivity index (χ1v) is 17.1. The highest BCUT2D eigenvalue weighted by Gasteiger charge is 2.18. The van der Waals surface area contributed by atoms with Gasteiger partial charge in [0.15, 0.2) is 5.82 Å². The first-order chi connectivity index (χ1) is 25.0. The van der Waals surface area contributed by atoms with Gasteiger partial charge >= 0.3 is 0 Å². The third-order valence-corrected chi connectivity index (χ3v) is 9.24. The van der Waals surface area contributed by atoms with E-state index in [2.05, 4.69) is 80.6 Å². The number of amidine groups is 1. The van der Waals surface area contributed by atoms with Crippen LogP contribution in [0.15, 0.2) is 173 Å². The van der Waals surface area contributed by atoms with Crippen LogP contribution in [-0.2, 0) is 6.42 Å². The molecule has 5 nitrogen and oxygen atoms in total. The van der Waals surface area contributed by atoms with Crippen LogP contribution in [0.5, 0.6) is 0 Å². The van der Waals surface area contributed by atoms with E-state index in [9.17, 15) is 0 Å². The fourth-order valence-corrected chi connectivity index (χ4v) is 6.66. The monoisotopic (exact) mass is 660 g/mol. The first kappa shape index (κ1) is 31.7. The molecular formula is C46H36N4O. The summed E-state index contributed by atoms with van der Waals surface area (Å²) in [5.41, 5.74) is 19.2. The molecule has 0 radical (unpaired) electrons. The van der Waals surface area contributed by atoms with Crippen molar-refractivity contribution < 1.29 is 4.42 Å². The Morgan fingerprint density at radius 1 is 0.647 bits per heavy atom. The van der Waals surface area contributed by atoms with Gasteiger partial charge in [0.2, 0.25) is 0 Å². The van der Waals surface area contributed by atoms with Crippen LogP contribution in [0.25, 0.3) is 61.5 Å². The number of aliphatic imine (C=N–C) groups is 1. The van der Waals surface area contributed by atoms with Crippen LogP contribution < -0.4 is 5.73 Å². The molecule has 0 unspecified atom stereocenters. The highest BCUT2D eigenvalue weighted by molar-refractivity contribution is 6.12. The van der Waals surface area contributed by atoms with E-state index in [0.29, 0.717) is 18.1 Å². The van der Waals surface area contributed by atoms with Crippen LogP contribution in [0.2, 0.25) is 0 Å². The summed E-state index contributed by atoms with van der Waals surface area (Å²) >= 11 is 0. The van der Waals surface area contributed by atoms with Crippen molar-refractivity contribution in [2.45, 2.75) is 20.3 Å². The Morgan fingerprint density at radius 3 is 1.94 bits per heavy atom. The molecule has 0 saturated carbocycles. The normalized spacial score (nSPS) is 12.3. The minimum atomic E-state index is 0.488. The molecule has 0 amide bonds. The molecule has 246 valence electrons. The number of hydrogen-bond acceptors (Lipinski definition) is 4. The summed E-state index contributed by atoms with van der Waals surface area (Å²) in [6.45, 7) is 4.25. The summed E-state index contributed by atoms with van der Waals surface area (Å²) in [6, 6.07) is 53.3. The lowest BCUT2D eigenvalue weighted by Crippen LogP contribution is -2.13. The molecule has 0 aliphatic carbocycles. The van der Waals surface area contributed by atoms with E-state index >= 15 is 0 Å². The molecule has 2 N–H and O–H groups in total. The number of fused-ring (bicyclic) bond motifs is 3. The van der Waals surface area contributed by atoms with Gasteiger partial charge < -0.3 is 10.2 Å². The van der Waals surface area contributed by atoms with Crippen molar-refractivity contribution in [3.05, 3.63) is 186 Å². The van der Waals surface area contributed by atoms with Crippen LogP contribution in [0.3, 0.4) is 0 Å². The van der Waals surface area contributed by atoms with Crippen LogP contribution in [0, 0.1) is 6.92 Å². The Morgan fingerprint density at radius 2 is 1.27 bits per heavy atom. The molecule has 2 aromatic heterocycles. The number of nitrogens with zero attached hydrogens (tertiary/aromatic N) is 3. The fraction of sp³-hybridized carbons (Fsp3) is 0.0652. The standard InChI is InChI=1S/C46H36N4O/c1-30-15-12-13-22-36(30)44(50-45(47)35-20-10-5-11-21-35)31(2)27-32-25-26-41-38(28-32)43-37(23-14-24-42(43)51-41)46-48-39(33-16-6-3-7-17-33)29-40(49-46)34-18-8-4-9-19-34/h3-26,28-29H,27H2,1-2H3,(H2,47,50)/b44-31-. The zero-order chi connectivity index (χ0) is 34.7. The molecule has 2 heterocycles. The van der Waals surface area contributed by atoms with Gasteiger partial charge in [-0.1, -0.05) is 133 Å². The Kier molecular flexibility index (Phi) is 8.52. The highest BCUT2D eigenvalue weighted by atomic mass is 16.3. The number of furan rings is 1. The molecular weight excluding hydrogens is 625 g/mol. The van der Waals surface area contributed by atoms with Crippen molar-refractivity contribution in [3.8, 4) is 33.9 Å². The van der Waals surface area contributed by atoms with E-state index in [1.807, 2.05) is 91.0 Å². The minimum absolute atomic E-state index is 0.488. The van der Waals surface area contributed by atoms with Crippen molar-refractivity contribution in [2.75, 3.05) is 0 Å². The Bertz CT molecular complexity index is 2510. The maximum Gasteiger partial charge on any atom is 0.161 e. The Hall–Kier alpha value is -6.59. The highest BCUT2D eigenvalue weighted by Crippen LogP contribution is 2.38. The topological polar surface area (TPSA) is 77.3 Å². The molecule has 0 atom stereocenters. The van der Waals surface area contributed by atoms with Crippen molar-refractivity contribution in [2.24, 2.45) is 10.7 Å². The zero-order valence-corrected chi connectivity index (χ0v) is 28.5. The fourth-order valence-electron chi connectivity index (χ4n) is 6.66. The molecule has 0 aliphatic rings. The lowest BCUT2D eigenvalue weighted by atomic mass is 9.96. The molecule has 6 aromatic carbocycles. The van der Waals surface area contributed by atoms with Crippen molar-refractivity contribution in [3.63, 3.8) is 0 Å². The van der Waals surface area contributed by atoms with Gasteiger partial charge in [0, 0.05) is 38.6 Å². The maximum absolute atomic E-state index is 6.60. The second-order valence-electron chi connectivity index (χ2n) is 12.8. The van der Waals surface area contributed by atoms with Gasteiger partial charge in [0.1, 0.15) is 17.0 Å². The summed E-state index contributed by atoms with van der Waals surface area (Å²) in [6.07, 6.45) is 0.679. The Balaban J connectivity index is 1.26. The predicted molar refractivity (Wildman–Crippen MR) is 210 cm³/mol. The SMILES string of the molecule is C/C(Cc1ccc2oc3cccc(-c4nc(-c5ccccc5)cc(-c5ccccc5)n4)c3c2c1)=C(/N=C(N)c1ccccc1)c1ccccc1C. The molecule has 5 heteroatoms. The van der Waals surface area contributed by atoms with Gasteiger partial charge in [0.05, 0.1) is 17.1 Å². The molecule has 0 spiro atoms. The molecule has 8 rings (SSSR count). The van der Waals surface area contributed by atoms with Crippen molar-refractivity contribution >= 4 is 33.5 Å². The van der Waals surface area contributed by atoms with Crippen molar-refractivity contribution in [1.29, 1.82) is 0 Å². The lowest BCUT2D eigenvalue weighted by molar-refractivity contribution is 0.669. The van der Waals surface area contributed by atoms with Gasteiger partial charge in [-0.2, -0.15) is 0 Å². The van der Waals surface area contributed by atoms with E-state index in [0.717, 1.165) is 83.5 Å². The second-order valence-corrected chi connectivity index (χ2v) is 12.8. The Labute approximate surface area is 297 Å². The van der Waals surface area contributed by atoms with Gasteiger partial charge in [-0.05, 0) is 61.2 Å². The molecule has 0 fully saturated rings. The summed E-state index contributed by atoms with van der Waals surface area (Å²) < 4.78 is 6.43. The van der Waals surface area contributed by atoms with Crippen LogP contribution in [-0.4, -0.2) is 15.8 Å². The maximum atomic E-state index is 6.60. The van der Waals surface area contributed by atoms with Crippen LogP contribution in [0.4, 0.5) is 0 Å². The number of aromatic nitrogens is 2. The minimum Gasteiger partial charge on any atom is -0.456 e.